The summed E-state index contributed by atoms with van der Waals surface area (Å²) < 4.78 is 0. The predicted molar refractivity (Wildman–Crippen MR) is 20.8 cm³/mol. The Morgan fingerprint density at radius 3 is 0.600 bits per heavy atom. The zero-order valence-electron chi connectivity index (χ0n) is 2.72. The molecule has 0 amide bonds. The van der Waals surface area contributed by atoms with Crippen LogP contribution in [0.4, 0.5) is 0 Å². The van der Waals surface area contributed by atoms with Crippen LogP contribution in [0.2, 0.25) is 0 Å². The van der Waals surface area contributed by atoms with E-state index in [4.69, 9.17) is 0 Å². The van der Waals surface area contributed by atoms with Gasteiger partial charge in [-0.2, -0.15) is 27.0 Å². The molecule has 0 aromatic rings. The number of hydrogen-bond donors (Lipinski definition) is 0. The first-order valence-electron chi connectivity index (χ1n) is 0. The Hall–Kier alpha value is 2.69. The fourth-order valence-corrected chi connectivity index (χ4v) is 0. The molecule has 0 aliphatic heterocycles. The minimum absolute atomic E-state index is 0. The Balaban J connectivity index is 0. The zero-order valence-corrected chi connectivity index (χ0v) is 12.1. The fraction of sp³-hybridized carbons (Fsp3) is 0. The predicted octanol–water partition coefficient (Wildman–Crippen LogP) is 0.218. The van der Waals surface area contributed by atoms with Gasteiger partial charge in [-0.1, -0.05) is 0 Å². The molecule has 0 nitrogen and oxygen atoms in total. The van der Waals surface area contributed by atoms with Gasteiger partial charge >= 0.3 is 0 Å². The van der Waals surface area contributed by atoms with Gasteiger partial charge in [0, 0.05) is 61.3 Å². The standard InChI is InChI=1S/Ag.2H2S.2Zn/h;2*1H2;;. The summed E-state index contributed by atoms with van der Waals surface area (Å²) in [6, 6.07) is 0. The number of hydrogen-bond acceptors (Lipinski definition) is 0. The molecule has 0 N–H and O–H groups in total. The van der Waals surface area contributed by atoms with Crippen LogP contribution in [-0.2, 0) is 61.3 Å². The van der Waals surface area contributed by atoms with E-state index in [9.17, 15) is 0 Å². The van der Waals surface area contributed by atoms with Crippen LogP contribution in [0.5, 0.6) is 0 Å². The second kappa shape index (κ2) is 30.0. The fourth-order valence-electron chi connectivity index (χ4n) is 0. The molecule has 1 radical (unpaired) electrons. The molecule has 0 fully saturated rings. The summed E-state index contributed by atoms with van der Waals surface area (Å²) in [5.41, 5.74) is 0. The van der Waals surface area contributed by atoms with Crippen LogP contribution >= 0.6 is 27.0 Å². The second-order valence-corrected chi connectivity index (χ2v) is 0. The van der Waals surface area contributed by atoms with E-state index in [1.807, 2.05) is 0 Å². The van der Waals surface area contributed by atoms with Crippen molar-refractivity contribution in [2.45, 2.75) is 0 Å². The van der Waals surface area contributed by atoms with E-state index in [1.54, 1.807) is 0 Å². The molecule has 0 bridgehead atoms. The Labute approximate surface area is 87.2 Å². The van der Waals surface area contributed by atoms with Crippen molar-refractivity contribution in [1.82, 2.24) is 0 Å². The topological polar surface area (TPSA) is 0 Å². The van der Waals surface area contributed by atoms with Crippen molar-refractivity contribution in [3.05, 3.63) is 0 Å². The van der Waals surface area contributed by atoms with Crippen molar-refractivity contribution in [3.8, 4) is 0 Å². The van der Waals surface area contributed by atoms with Crippen LogP contribution < -0.4 is 0 Å². The van der Waals surface area contributed by atoms with Gasteiger partial charge in [0.05, 0.1) is 0 Å². The number of rotatable bonds is 0. The maximum atomic E-state index is 0. The van der Waals surface area contributed by atoms with Crippen molar-refractivity contribution in [2.24, 2.45) is 0 Å². The molecular formula is H4AgS2Zn2. The second-order valence-electron chi connectivity index (χ2n) is 0. The molecule has 0 spiro atoms. The monoisotopic (exact) mass is 303 g/mol. The first-order valence-corrected chi connectivity index (χ1v) is 0. The molecule has 31 valence electrons. The summed E-state index contributed by atoms with van der Waals surface area (Å²) in [5.74, 6) is 0. The van der Waals surface area contributed by atoms with Crippen LogP contribution in [-0.4, -0.2) is 0 Å². The molecule has 5 heavy (non-hydrogen) atoms. The van der Waals surface area contributed by atoms with Crippen molar-refractivity contribution in [3.63, 3.8) is 0 Å². The molecule has 0 atom stereocenters. The van der Waals surface area contributed by atoms with Crippen LogP contribution in [0, 0.1) is 0 Å². The molecule has 0 aliphatic rings. The molecule has 0 heterocycles. The third kappa shape index (κ3) is 20.3. The SMILES string of the molecule is S.S.[Ag].[Zn].[Zn]. The largest absolute Gasteiger partial charge is 0.197 e. The van der Waals surface area contributed by atoms with E-state index < -0.39 is 0 Å². The average molecular weight is 307 g/mol. The van der Waals surface area contributed by atoms with E-state index in [0.717, 1.165) is 0 Å². The van der Waals surface area contributed by atoms with E-state index in [0.29, 0.717) is 0 Å². The smallest absolute Gasteiger partial charge is 0 e. The molecule has 0 aromatic heterocycles. The van der Waals surface area contributed by atoms with Gasteiger partial charge in [0.25, 0.3) is 0 Å². The molecule has 0 aliphatic carbocycles. The van der Waals surface area contributed by atoms with Crippen molar-refractivity contribution in [1.29, 1.82) is 0 Å². The summed E-state index contributed by atoms with van der Waals surface area (Å²) in [6.07, 6.45) is 0. The normalized spacial score (nSPS) is 0. The Morgan fingerprint density at radius 1 is 0.600 bits per heavy atom. The summed E-state index contributed by atoms with van der Waals surface area (Å²) in [5, 5.41) is 0. The van der Waals surface area contributed by atoms with Crippen LogP contribution in [0.3, 0.4) is 0 Å². The van der Waals surface area contributed by atoms with E-state index in [-0.39, 0.29) is 88.3 Å². The maximum Gasteiger partial charge on any atom is 0 e. The molecule has 0 aromatic carbocycles. The van der Waals surface area contributed by atoms with Crippen molar-refractivity contribution in [2.75, 3.05) is 0 Å². The van der Waals surface area contributed by atoms with Gasteiger partial charge in [-0.25, -0.2) is 0 Å². The summed E-state index contributed by atoms with van der Waals surface area (Å²) in [4.78, 5) is 0. The van der Waals surface area contributed by atoms with E-state index in [1.165, 1.54) is 0 Å². The third-order valence-corrected chi connectivity index (χ3v) is 0. The van der Waals surface area contributed by atoms with Gasteiger partial charge in [-0.05, 0) is 0 Å². The summed E-state index contributed by atoms with van der Waals surface area (Å²) >= 11 is 0. The molecule has 0 saturated heterocycles. The average Bonchev–Trinajstić information content (AvgIpc) is 0. The van der Waals surface area contributed by atoms with Gasteiger partial charge < -0.3 is 0 Å². The third-order valence-electron chi connectivity index (χ3n) is 0. The first-order chi connectivity index (χ1) is 0. The molecular weight excluding hydrogens is 303 g/mol. The van der Waals surface area contributed by atoms with Gasteiger partial charge in [-0.15, -0.1) is 0 Å². The molecule has 5 heteroatoms. The zero-order chi connectivity index (χ0) is 0. The van der Waals surface area contributed by atoms with Crippen molar-refractivity contribution >= 4 is 27.0 Å². The van der Waals surface area contributed by atoms with E-state index >= 15 is 0 Å². The Morgan fingerprint density at radius 2 is 0.600 bits per heavy atom. The van der Waals surface area contributed by atoms with E-state index in [2.05, 4.69) is 0 Å². The van der Waals surface area contributed by atoms with Gasteiger partial charge in [0.15, 0.2) is 0 Å². The summed E-state index contributed by atoms with van der Waals surface area (Å²) in [7, 11) is 0. The van der Waals surface area contributed by atoms with Crippen LogP contribution in [0.15, 0.2) is 0 Å². The first kappa shape index (κ1) is 47.6. The quantitative estimate of drug-likeness (QED) is 0.562. The van der Waals surface area contributed by atoms with Crippen LogP contribution in [0.1, 0.15) is 0 Å². The van der Waals surface area contributed by atoms with Crippen molar-refractivity contribution < 1.29 is 61.3 Å². The maximum absolute atomic E-state index is 0. The molecule has 0 rings (SSSR count). The van der Waals surface area contributed by atoms with Gasteiger partial charge in [0.1, 0.15) is 0 Å². The minimum Gasteiger partial charge on any atom is -0.197 e. The Bertz CT molecular complexity index is 7.61. The van der Waals surface area contributed by atoms with Gasteiger partial charge in [-0.3, -0.25) is 0 Å². The molecule has 0 unspecified atom stereocenters. The van der Waals surface area contributed by atoms with Crippen LogP contribution in [0.25, 0.3) is 0 Å². The van der Waals surface area contributed by atoms with Gasteiger partial charge in [0.2, 0.25) is 0 Å². The summed E-state index contributed by atoms with van der Waals surface area (Å²) in [6.45, 7) is 0. The minimum atomic E-state index is 0. The molecule has 0 saturated carbocycles. The Kier molecular flexibility index (Phi) is 285.